The second-order valence-corrected chi connectivity index (χ2v) is 5.88. The molecular weight excluding hydrogens is 336 g/mol. The van der Waals surface area contributed by atoms with Gasteiger partial charge in [-0.05, 0) is 22.0 Å². The van der Waals surface area contributed by atoms with E-state index in [0.717, 1.165) is 48.4 Å². The number of pyridine rings is 1. The summed E-state index contributed by atoms with van der Waals surface area (Å²) in [5.74, 6) is -0.0746. The molecule has 1 saturated heterocycles. The number of halogens is 1. The molecule has 7 heteroatoms. The minimum atomic E-state index is -0.0746. The molecule has 21 heavy (non-hydrogen) atoms. The Bertz CT molecular complexity index is 637. The van der Waals surface area contributed by atoms with Crippen LogP contribution in [0.2, 0.25) is 0 Å². The van der Waals surface area contributed by atoms with Crippen molar-refractivity contribution in [3.8, 4) is 0 Å². The van der Waals surface area contributed by atoms with Crippen LogP contribution in [0.1, 0.15) is 10.4 Å². The van der Waals surface area contributed by atoms with Crippen LogP contribution in [0, 0.1) is 0 Å². The number of H-pyrrole nitrogens is 1. The minimum Gasteiger partial charge on any atom is -0.379 e. The highest BCUT2D eigenvalue weighted by atomic mass is 79.9. The SMILES string of the molecule is O=C(NCCN1CCOCC1)c1c[nH]c2ncc(Br)cc12. The van der Waals surface area contributed by atoms with Crippen molar-refractivity contribution in [2.45, 2.75) is 0 Å². The van der Waals surface area contributed by atoms with Crippen LogP contribution in [0.3, 0.4) is 0 Å². The molecule has 2 aromatic heterocycles. The number of hydrogen-bond donors (Lipinski definition) is 2. The molecule has 1 aliphatic heterocycles. The third-order valence-electron chi connectivity index (χ3n) is 3.56. The highest BCUT2D eigenvalue weighted by Gasteiger charge is 2.14. The zero-order valence-electron chi connectivity index (χ0n) is 11.6. The standard InChI is InChI=1S/C14H17BrN4O2/c15-10-7-11-12(9-18-13(11)17-8-10)14(20)16-1-2-19-3-5-21-6-4-19/h7-9H,1-6H2,(H,16,20)(H,17,18). The fraction of sp³-hybridized carbons (Fsp3) is 0.429. The lowest BCUT2D eigenvalue weighted by molar-refractivity contribution is 0.0383. The first kappa shape index (κ1) is 14.5. The molecule has 0 bridgehead atoms. The lowest BCUT2D eigenvalue weighted by Gasteiger charge is -2.26. The first-order chi connectivity index (χ1) is 10.2. The smallest absolute Gasteiger partial charge is 0.253 e. The molecule has 1 amide bonds. The number of rotatable bonds is 4. The number of hydrogen-bond acceptors (Lipinski definition) is 4. The second-order valence-electron chi connectivity index (χ2n) is 4.96. The van der Waals surface area contributed by atoms with Crippen LogP contribution in [-0.2, 0) is 4.74 Å². The van der Waals surface area contributed by atoms with E-state index < -0.39 is 0 Å². The maximum absolute atomic E-state index is 12.3. The van der Waals surface area contributed by atoms with Gasteiger partial charge in [-0.25, -0.2) is 4.98 Å². The van der Waals surface area contributed by atoms with E-state index in [1.165, 1.54) is 0 Å². The molecule has 0 radical (unpaired) electrons. The van der Waals surface area contributed by atoms with Gasteiger partial charge in [-0.3, -0.25) is 9.69 Å². The lowest BCUT2D eigenvalue weighted by Crippen LogP contribution is -2.41. The van der Waals surface area contributed by atoms with Gasteiger partial charge in [0.05, 0.1) is 18.8 Å². The van der Waals surface area contributed by atoms with Gasteiger partial charge in [0.25, 0.3) is 5.91 Å². The first-order valence-corrected chi connectivity index (χ1v) is 7.74. The summed E-state index contributed by atoms with van der Waals surface area (Å²) in [5.41, 5.74) is 1.34. The molecule has 2 N–H and O–H groups in total. The topological polar surface area (TPSA) is 70.2 Å². The number of ether oxygens (including phenoxy) is 1. The monoisotopic (exact) mass is 352 g/mol. The van der Waals surface area contributed by atoms with Crippen molar-refractivity contribution in [2.24, 2.45) is 0 Å². The summed E-state index contributed by atoms with van der Waals surface area (Å²) < 4.78 is 6.16. The Morgan fingerprint density at radius 3 is 3.10 bits per heavy atom. The Hall–Kier alpha value is -1.44. The van der Waals surface area contributed by atoms with Gasteiger partial charge in [0, 0.05) is 48.4 Å². The van der Waals surface area contributed by atoms with E-state index in [1.807, 2.05) is 6.07 Å². The van der Waals surface area contributed by atoms with Crippen molar-refractivity contribution < 1.29 is 9.53 Å². The average molecular weight is 353 g/mol. The molecule has 0 aromatic carbocycles. The van der Waals surface area contributed by atoms with E-state index in [0.29, 0.717) is 12.1 Å². The van der Waals surface area contributed by atoms with Crippen LogP contribution in [0.25, 0.3) is 11.0 Å². The molecule has 0 saturated carbocycles. The van der Waals surface area contributed by atoms with Crippen molar-refractivity contribution in [3.05, 3.63) is 28.5 Å². The van der Waals surface area contributed by atoms with Crippen LogP contribution in [0.4, 0.5) is 0 Å². The van der Waals surface area contributed by atoms with Gasteiger partial charge in [-0.2, -0.15) is 0 Å². The highest BCUT2D eigenvalue weighted by Crippen LogP contribution is 2.20. The number of amides is 1. The van der Waals surface area contributed by atoms with Gasteiger partial charge >= 0.3 is 0 Å². The number of nitrogens with one attached hydrogen (secondary N) is 2. The molecule has 3 rings (SSSR count). The molecular formula is C14H17BrN4O2. The Kier molecular flexibility index (Phi) is 4.52. The summed E-state index contributed by atoms with van der Waals surface area (Å²) >= 11 is 3.38. The Labute approximate surface area is 131 Å². The number of aromatic nitrogens is 2. The molecule has 6 nitrogen and oxygen atoms in total. The maximum atomic E-state index is 12.3. The minimum absolute atomic E-state index is 0.0746. The van der Waals surface area contributed by atoms with Gasteiger partial charge in [-0.1, -0.05) is 0 Å². The third-order valence-corrected chi connectivity index (χ3v) is 3.99. The number of fused-ring (bicyclic) bond motifs is 1. The van der Waals surface area contributed by atoms with E-state index >= 15 is 0 Å². The van der Waals surface area contributed by atoms with Crippen LogP contribution in [0.5, 0.6) is 0 Å². The summed E-state index contributed by atoms with van der Waals surface area (Å²) in [6.45, 7) is 4.89. The quantitative estimate of drug-likeness (QED) is 0.872. The van der Waals surface area contributed by atoms with E-state index in [-0.39, 0.29) is 5.91 Å². The normalized spacial score (nSPS) is 16.2. The van der Waals surface area contributed by atoms with Crippen LogP contribution in [0.15, 0.2) is 22.9 Å². The Morgan fingerprint density at radius 2 is 2.29 bits per heavy atom. The molecule has 0 aliphatic carbocycles. The van der Waals surface area contributed by atoms with E-state index in [2.05, 4.69) is 36.1 Å². The molecule has 1 fully saturated rings. The Balaban J connectivity index is 1.60. The first-order valence-electron chi connectivity index (χ1n) is 6.95. The van der Waals surface area contributed by atoms with Gasteiger partial charge in [0.2, 0.25) is 0 Å². The lowest BCUT2D eigenvalue weighted by atomic mass is 10.2. The summed E-state index contributed by atoms with van der Waals surface area (Å²) in [5, 5.41) is 3.79. The summed E-state index contributed by atoms with van der Waals surface area (Å²) in [6.07, 6.45) is 3.41. The van der Waals surface area contributed by atoms with Crippen LogP contribution in [-0.4, -0.2) is 60.2 Å². The van der Waals surface area contributed by atoms with Crippen LogP contribution >= 0.6 is 15.9 Å². The van der Waals surface area contributed by atoms with Gasteiger partial charge in [0.1, 0.15) is 5.65 Å². The Morgan fingerprint density at radius 1 is 1.48 bits per heavy atom. The maximum Gasteiger partial charge on any atom is 0.253 e. The van der Waals surface area contributed by atoms with Crippen molar-refractivity contribution in [1.82, 2.24) is 20.2 Å². The fourth-order valence-electron chi connectivity index (χ4n) is 2.41. The molecule has 112 valence electrons. The zero-order chi connectivity index (χ0) is 14.7. The number of carbonyl (C=O) groups is 1. The van der Waals surface area contributed by atoms with E-state index in [9.17, 15) is 4.79 Å². The fourth-order valence-corrected chi connectivity index (χ4v) is 2.74. The summed E-state index contributed by atoms with van der Waals surface area (Å²) in [4.78, 5) is 21.8. The van der Waals surface area contributed by atoms with Crippen molar-refractivity contribution >= 4 is 32.9 Å². The number of morpholine rings is 1. The van der Waals surface area contributed by atoms with Crippen molar-refractivity contribution in [2.75, 3.05) is 39.4 Å². The number of carbonyl (C=O) groups excluding carboxylic acids is 1. The summed E-state index contributed by atoms with van der Waals surface area (Å²) in [7, 11) is 0. The average Bonchev–Trinajstić information content (AvgIpc) is 2.91. The van der Waals surface area contributed by atoms with Gasteiger partial charge in [-0.15, -0.1) is 0 Å². The van der Waals surface area contributed by atoms with Gasteiger partial charge < -0.3 is 15.0 Å². The molecule has 0 spiro atoms. The predicted octanol–water partition coefficient (Wildman–Crippen LogP) is 1.39. The van der Waals surface area contributed by atoms with Crippen LogP contribution < -0.4 is 5.32 Å². The van der Waals surface area contributed by atoms with Crippen molar-refractivity contribution in [3.63, 3.8) is 0 Å². The number of aromatic amines is 1. The van der Waals surface area contributed by atoms with E-state index in [1.54, 1.807) is 12.4 Å². The summed E-state index contributed by atoms with van der Waals surface area (Å²) in [6, 6.07) is 1.90. The number of nitrogens with zero attached hydrogens (tertiary/aromatic N) is 2. The molecule has 2 aromatic rings. The van der Waals surface area contributed by atoms with Crippen molar-refractivity contribution in [1.29, 1.82) is 0 Å². The molecule has 1 aliphatic rings. The largest absolute Gasteiger partial charge is 0.379 e. The third kappa shape index (κ3) is 3.42. The zero-order valence-corrected chi connectivity index (χ0v) is 13.1. The van der Waals surface area contributed by atoms with Gasteiger partial charge in [0.15, 0.2) is 0 Å². The molecule has 0 atom stereocenters. The molecule has 0 unspecified atom stereocenters. The molecule has 3 heterocycles. The highest BCUT2D eigenvalue weighted by molar-refractivity contribution is 9.10. The van der Waals surface area contributed by atoms with E-state index in [4.69, 9.17) is 4.74 Å². The second kappa shape index (κ2) is 6.55. The predicted molar refractivity (Wildman–Crippen MR) is 83.4 cm³/mol.